The van der Waals surface area contributed by atoms with E-state index in [1.165, 1.54) is 7.11 Å². The zero-order valence-electron chi connectivity index (χ0n) is 10.4. The Kier molecular flexibility index (Phi) is 3.06. The number of aromatic nitrogens is 2. The molecular weight excluding hydrogens is 268 g/mol. The fourth-order valence-corrected chi connectivity index (χ4v) is 2.73. The fourth-order valence-electron chi connectivity index (χ4n) is 2.47. The highest BCUT2D eigenvalue weighted by molar-refractivity contribution is 6.30. The highest BCUT2D eigenvalue weighted by Crippen LogP contribution is 2.32. The first-order chi connectivity index (χ1) is 9.20. The van der Waals surface area contributed by atoms with E-state index in [0.29, 0.717) is 29.7 Å². The van der Waals surface area contributed by atoms with Crippen molar-refractivity contribution in [1.29, 1.82) is 0 Å². The molecule has 1 atom stereocenters. The lowest BCUT2D eigenvalue weighted by atomic mass is 9.96. The van der Waals surface area contributed by atoms with Crippen LogP contribution in [0.25, 0.3) is 11.6 Å². The van der Waals surface area contributed by atoms with Gasteiger partial charge < -0.3 is 13.7 Å². The molecule has 0 bridgehead atoms. The number of fused-ring (bicyclic) bond motifs is 1. The molecule has 0 saturated heterocycles. The molecule has 100 valence electrons. The average Bonchev–Trinajstić information content (AvgIpc) is 3.06. The number of ether oxygens (including phenoxy) is 1. The van der Waals surface area contributed by atoms with E-state index in [1.54, 1.807) is 6.26 Å². The summed E-state index contributed by atoms with van der Waals surface area (Å²) in [6, 6.07) is 3.66. The van der Waals surface area contributed by atoms with Gasteiger partial charge in [-0.05, 0) is 18.6 Å². The summed E-state index contributed by atoms with van der Waals surface area (Å²) in [6.07, 6.45) is 2.88. The van der Waals surface area contributed by atoms with Crippen LogP contribution in [-0.2, 0) is 22.5 Å². The number of methoxy groups -OCH3 is 1. The summed E-state index contributed by atoms with van der Waals surface area (Å²) in [5.74, 6) is 1.07. The Morgan fingerprint density at radius 3 is 3.16 bits per heavy atom. The van der Waals surface area contributed by atoms with Crippen LogP contribution >= 0.6 is 11.6 Å². The van der Waals surface area contributed by atoms with Crippen molar-refractivity contribution in [2.45, 2.75) is 19.4 Å². The molecule has 1 aliphatic heterocycles. The molecular formula is C13H13ClN2O3. The van der Waals surface area contributed by atoms with E-state index < -0.39 is 0 Å². The minimum absolute atomic E-state index is 0.142. The number of rotatable bonds is 2. The highest BCUT2D eigenvalue weighted by Gasteiger charge is 2.30. The van der Waals surface area contributed by atoms with Gasteiger partial charge in [0.2, 0.25) is 0 Å². The number of hydrogen-bond donors (Lipinski definition) is 0. The molecule has 6 heteroatoms. The number of carbonyl (C=O) groups excluding carboxylic acids is 1. The molecule has 2 aromatic heterocycles. The van der Waals surface area contributed by atoms with E-state index in [0.717, 1.165) is 12.1 Å². The van der Waals surface area contributed by atoms with E-state index in [9.17, 15) is 4.79 Å². The topological polar surface area (TPSA) is 57.3 Å². The van der Waals surface area contributed by atoms with Gasteiger partial charge in [-0.25, -0.2) is 4.98 Å². The maximum atomic E-state index is 11.6. The van der Waals surface area contributed by atoms with Crippen molar-refractivity contribution in [2.75, 3.05) is 7.11 Å². The van der Waals surface area contributed by atoms with Gasteiger partial charge in [0.05, 0.1) is 25.0 Å². The van der Waals surface area contributed by atoms with Gasteiger partial charge in [0.15, 0.2) is 16.7 Å². The third-order valence-electron chi connectivity index (χ3n) is 3.44. The molecule has 0 aliphatic carbocycles. The molecule has 0 aromatic carbocycles. The van der Waals surface area contributed by atoms with Crippen molar-refractivity contribution in [1.82, 2.24) is 9.55 Å². The molecule has 5 nitrogen and oxygen atoms in total. The Balaban J connectivity index is 1.97. The van der Waals surface area contributed by atoms with Crippen LogP contribution in [-0.4, -0.2) is 22.6 Å². The highest BCUT2D eigenvalue weighted by atomic mass is 35.5. The monoisotopic (exact) mass is 280 g/mol. The quantitative estimate of drug-likeness (QED) is 0.793. The zero-order chi connectivity index (χ0) is 13.4. The Hall–Kier alpha value is -1.75. The van der Waals surface area contributed by atoms with Gasteiger partial charge in [-0.1, -0.05) is 11.6 Å². The van der Waals surface area contributed by atoms with Crippen molar-refractivity contribution in [3.05, 3.63) is 29.2 Å². The molecule has 1 aliphatic rings. The summed E-state index contributed by atoms with van der Waals surface area (Å²) in [7, 11) is 1.41. The standard InChI is InChI=1S/C13H13ClN2O3/c1-18-13(17)8-4-5-16-9(7-8)11(14)15-12(16)10-3-2-6-19-10/h2-3,6,8H,4-5,7H2,1H3. The summed E-state index contributed by atoms with van der Waals surface area (Å²) < 4.78 is 12.2. The third kappa shape index (κ3) is 2.04. The van der Waals surface area contributed by atoms with Crippen molar-refractivity contribution in [2.24, 2.45) is 5.92 Å². The maximum absolute atomic E-state index is 11.6. The lowest BCUT2D eigenvalue weighted by Crippen LogP contribution is -2.26. The van der Waals surface area contributed by atoms with Crippen LogP contribution in [0.5, 0.6) is 0 Å². The van der Waals surface area contributed by atoms with Crippen LogP contribution in [0.1, 0.15) is 12.1 Å². The molecule has 19 heavy (non-hydrogen) atoms. The number of carbonyl (C=O) groups is 1. The number of halogens is 1. The lowest BCUT2D eigenvalue weighted by molar-refractivity contribution is -0.146. The third-order valence-corrected chi connectivity index (χ3v) is 3.74. The second-order valence-electron chi connectivity index (χ2n) is 4.51. The van der Waals surface area contributed by atoms with Crippen molar-refractivity contribution < 1.29 is 13.9 Å². The SMILES string of the molecule is COC(=O)C1CCn2c(-c3ccco3)nc(Cl)c2C1. The number of nitrogens with zero attached hydrogens (tertiary/aromatic N) is 2. The van der Waals surface area contributed by atoms with Crippen LogP contribution < -0.4 is 0 Å². The maximum Gasteiger partial charge on any atom is 0.309 e. The van der Waals surface area contributed by atoms with Gasteiger partial charge in [0.1, 0.15) is 0 Å². The largest absolute Gasteiger partial charge is 0.469 e. The number of esters is 1. The normalized spacial score (nSPS) is 18.1. The van der Waals surface area contributed by atoms with Crippen LogP contribution in [0.15, 0.2) is 22.8 Å². The van der Waals surface area contributed by atoms with Gasteiger partial charge in [0, 0.05) is 13.0 Å². The van der Waals surface area contributed by atoms with E-state index >= 15 is 0 Å². The van der Waals surface area contributed by atoms with Crippen LogP contribution in [0, 0.1) is 5.92 Å². The summed E-state index contributed by atoms with van der Waals surface area (Å²) in [4.78, 5) is 15.9. The summed E-state index contributed by atoms with van der Waals surface area (Å²) in [5, 5.41) is 0.431. The molecule has 2 aromatic rings. The van der Waals surface area contributed by atoms with Gasteiger partial charge in [-0.15, -0.1) is 0 Å². The second-order valence-corrected chi connectivity index (χ2v) is 4.87. The second kappa shape index (κ2) is 4.74. The van der Waals surface area contributed by atoms with Crippen LogP contribution in [0.2, 0.25) is 5.15 Å². The molecule has 0 amide bonds. The van der Waals surface area contributed by atoms with Crippen LogP contribution in [0.4, 0.5) is 0 Å². The molecule has 1 unspecified atom stereocenters. The molecule has 0 spiro atoms. The fraction of sp³-hybridized carbons (Fsp3) is 0.385. The van der Waals surface area contributed by atoms with Crippen LogP contribution in [0.3, 0.4) is 0 Å². The Labute approximate surface area is 115 Å². The first-order valence-corrected chi connectivity index (χ1v) is 6.45. The first-order valence-electron chi connectivity index (χ1n) is 6.07. The number of furan rings is 1. The Morgan fingerprint density at radius 2 is 2.47 bits per heavy atom. The van der Waals surface area contributed by atoms with Gasteiger partial charge in [0.25, 0.3) is 0 Å². The summed E-state index contributed by atoms with van der Waals surface area (Å²) >= 11 is 6.17. The van der Waals surface area contributed by atoms with E-state index in [-0.39, 0.29) is 11.9 Å². The molecule has 0 fully saturated rings. The average molecular weight is 281 g/mol. The van der Waals surface area contributed by atoms with Crippen molar-refractivity contribution >= 4 is 17.6 Å². The van der Waals surface area contributed by atoms with Gasteiger partial charge >= 0.3 is 5.97 Å². The molecule has 0 N–H and O–H groups in total. The minimum Gasteiger partial charge on any atom is -0.469 e. The lowest BCUT2D eigenvalue weighted by Gasteiger charge is -2.22. The molecule has 0 saturated carbocycles. The molecule has 0 radical (unpaired) electrons. The van der Waals surface area contributed by atoms with E-state index in [4.69, 9.17) is 20.8 Å². The minimum atomic E-state index is -0.192. The summed E-state index contributed by atoms with van der Waals surface area (Å²) in [6.45, 7) is 0.685. The van der Waals surface area contributed by atoms with E-state index in [1.807, 2.05) is 16.7 Å². The van der Waals surface area contributed by atoms with Gasteiger partial charge in [-0.3, -0.25) is 4.79 Å². The summed E-state index contributed by atoms with van der Waals surface area (Å²) in [5.41, 5.74) is 0.870. The number of imidazole rings is 1. The smallest absolute Gasteiger partial charge is 0.309 e. The number of hydrogen-bond acceptors (Lipinski definition) is 4. The molecule has 3 rings (SSSR count). The predicted molar refractivity (Wildman–Crippen MR) is 68.8 cm³/mol. The Bertz CT molecular complexity index is 604. The van der Waals surface area contributed by atoms with Gasteiger partial charge in [-0.2, -0.15) is 0 Å². The zero-order valence-corrected chi connectivity index (χ0v) is 11.2. The van der Waals surface area contributed by atoms with E-state index in [2.05, 4.69) is 4.98 Å². The van der Waals surface area contributed by atoms with Crippen molar-refractivity contribution in [3.63, 3.8) is 0 Å². The Morgan fingerprint density at radius 1 is 1.63 bits per heavy atom. The van der Waals surface area contributed by atoms with Crippen molar-refractivity contribution in [3.8, 4) is 11.6 Å². The first kappa shape index (κ1) is 12.3. The predicted octanol–water partition coefficient (Wildman–Crippen LogP) is 2.53. The molecule has 3 heterocycles.